The second-order valence-electron chi connectivity index (χ2n) is 5.69. The molecule has 0 fully saturated rings. The summed E-state index contributed by atoms with van der Waals surface area (Å²) >= 11 is 1.68. The van der Waals surface area contributed by atoms with Crippen LogP contribution in [0.15, 0.2) is 60.2 Å². The van der Waals surface area contributed by atoms with E-state index in [-0.39, 0.29) is 5.82 Å². The standard InChI is InChI=1S/C19H16FN5S/c20-14-5-3-13(4-6-14)15-7-8-18(25-24-15)21-10-9-16-19(23-12-22-16)17-2-1-11-26-17/h1-8,11-12H,9-10H2,(H,21,25)(H,22,23). The van der Waals surface area contributed by atoms with Crippen LogP contribution in [0.4, 0.5) is 10.2 Å². The van der Waals surface area contributed by atoms with Gasteiger partial charge in [0.15, 0.2) is 0 Å². The molecule has 0 spiro atoms. The van der Waals surface area contributed by atoms with Gasteiger partial charge in [-0.05, 0) is 47.8 Å². The summed E-state index contributed by atoms with van der Waals surface area (Å²) in [6.07, 6.45) is 2.52. The van der Waals surface area contributed by atoms with Crippen LogP contribution in [0, 0.1) is 5.82 Å². The number of nitrogens with one attached hydrogen (secondary N) is 2. The predicted molar refractivity (Wildman–Crippen MR) is 102 cm³/mol. The summed E-state index contributed by atoms with van der Waals surface area (Å²) in [7, 11) is 0. The van der Waals surface area contributed by atoms with E-state index in [2.05, 4.69) is 31.5 Å². The van der Waals surface area contributed by atoms with Gasteiger partial charge in [0.1, 0.15) is 17.3 Å². The normalized spacial score (nSPS) is 10.8. The molecule has 26 heavy (non-hydrogen) atoms. The van der Waals surface area contributed by atoms with Gasteiger partial charge in [-0.1, -0.05) is 6.07 Å². The van der Waals surface area contributed by atoms with Crippen LogP contribution in [-0.2, 0) is 6.42 Å². The molecule has 0 atom stereocenters. The number of halogens is 1. The third-order valence-corrected chi connectivity index (χ3v) is 4.84. The lowest BCUT2D eigenvalue weighted by Gasteiger charge is -2.06. The van der Waals surface area contributed by atoms with E-state index in [1.807, 2.05) is 23.6 Å². The molecule has 5 nitrogen and oxygen atoms in total. The molecule has 0 aliphatic heterocycles. The molecule has 0 amide bonds. The van der Waals surface area contributed by atoms with Crippen LogP contribution >= 0.6 is 11.3 Å². The van der Waals surface area contributed by atoms with Crippen molar-refractivity contribution in [2.45, 2.75) is 6.42 Å². The molecule has 0 aliphatic carbocycles. The average molecular weight is 365 g/mol. The first-order valence-corrected chi connectivity index (χ1v) is 9.07. The highest BCUT2D eigenvalue weighted by atomic mass is 32.1. The zero-order valence-corrected chi connectivity index (χ0v) is 14.6. The molecule has 1 aromatic carbocycles. The maximum atomic E-state index is 13.0. The Labute approximate surface area is 154 Å². The van der Waals surface area contributed by atoms with E-state index in [0.29, 0.717) is 18.1 Å². The topological polar surface area (TPSA) is 66.5 Å². The number of hydrogen-bond donors (Lipinski definition) is 2. The number of H-pyrrole nitrogens is 1. The molecule has 4 aromatic rings. The first kappa shape index (κ1) is 16.4. The van der Waals surface area contributed by atoms with Gasteiger partial charge in [0.25, 0.3) is 0 Å². The highest BCUT2D eigenvalue weighted by molar-refractivity contribution is 7.13. The maximum Gasteiger partial charge on any atom is 0.148 e. The zero-order valence-electron chi connectivity index (χ0n) is 13.8. The van der Waals surface area contributed by atoms with Gasteiger partial charge in [0.2, 0.25) is 0 Å². The minimum absolute atomic E-state index is 0.263. The van der Waals surface area contributed by atoms with E-state index in [1.165, 1.54) is 12.1 Å². The minimum atomic E-state index is -0.263. The van der Waals surface area contributed by atoms with Crippen molar-refractivity contribution in [2.75, 3.05) is 11.9 Å². The van der Waals surface area contributed by atoms with Crippen molar-refractivity contribution >= 4 is 17.2 Å². The van der Waals surface area contributed by atoms with Crippen molar-refractivity contribution in [1.82, 2.24) is 20.2 Å². The Kier molecular flexibility index (Phi) is 4.70. The maximum absolute atomic E-state index is 13.0. The van der Waals surface area contributed by atoms with Gasteiger partial charge in [-0.15, -0.1) is 21.5 Å². The highest BCUT2D eigenvalue weighted by Crippen LogP contribution is 2.25. The molecule has 7 heteroatoms. The number of hydrogen-bond acceptors (Lipinski definition) is 5. The van der Waals surface area contributed by atoms with Gasteiger partial charge in [-0.3, -0.25) is 0 Å². The van der Waals surface area contributed by atoms with E-state index in [9.17, 15) is 4.39 Å². The van der Waals surface area contributed by atoms with E-state index < -0.39 is 0 Å². The van der Waals surface area contributed by atoms with Crippen LogP contribution in [0.25, 0.3) is 21.8 Å². The second-order valence-corrected chi connectivity index (χ2v) is 6.64. The van der Waals surface area contributed by atoms with Gasteiger partial charge in [-0.25, -0.2) is 9.37 Å². The molecule has 0 bridgehead atoms. The van der Waals surface area contributed by atoms with Crippen LogP contribution in [0.1, 0.15) is 5.69 Å². The summed E-state index contributed by atoms with van der Waals surface area (Å²) in [6.45, 7) is 0.713. The third kappa shape index (κ3) is 3.62. The van der Waals surface area contributed by atoms with E-state index in [4.69, 9.17) is 0 Å². The van der Waals surface area contributed by atoms with Crippen molar-refractivity contribution < 1.29 is 4.39 Å². The number of benzene rings is 1. The number of anilines is 1. The van der Waals surface area contributed by atoms with Gasteiger partial charge in [0, 0.05) is 24.2 Å². The number of aromatic nitrogens is 4. The molecular weight excluding hydrogens is 349 g/mol. The molecule has 0 radical (unpaired) electrons. The highest BCUT2D eigenvalue weighted by Gasteiger charge is 2.09. The van der Waals surface area contributed by atoms with Crippen molar-refractivity contribution in [2.24, 2.45) is 0 Å². The SMILES string of the molecule is Fc1ccc(-c2ccc(NCCc3[nH]cnc3-c3cccs3)nn2)cc1. The fraction of sp³-hybridized carbons (Fsp3) is 0.105. The van der Waals surface area contributed by atoms with Crippen LogP contribution < -0.4 is 5.32 Å². The molecule has 4 rings (SSSR count). The van der Waals surface area contributed by atoms with Gasteiger partial charge >= 0.3 is 0 Å². The minimum Gasteiger partial charge on any atom is -0.368 e. The summed E-state index contributed by atoms with van der Waals surface area (Å²) in [5.74, 6) is 0.439. The van der Waals surface area contributed by atoms with E-state index in [0.717, 1.165) is 28.2 Å². The molecule has 3 aromatic heterocycles. The molecular formula is C19H16FN5S. The molecule has 3 heterocycles. The molecule has 2 N–H and O–H groups in total. The molecule has 0 aliphatic rings. The average Bonchev–Trinajstić information content (AvgIpc) is 3.34. The van der Waals surface area contributed by atoms with Crippen LogP contribution in [0.5, 0.6) is 0 Å². The van der Waals surface area contributed by atoms with Gasteiger partial charge in [0.05, 0.1) is 16.9 Å². The summed E-state index contributed by atoms with van der Waals surface area (Å²) in [5.41, 5.74) is 3.64. The molecule has 0 saturated carbocycles. The lowest BCUT2D eigenvalue weighted by Crippen LogP contribution is -2.07. The zero-order chi connectivity index (χ0) is 17.8. The van der Waals surface area contributed by atoms with E-state index >= 15 is 0 Å². The summed E-state index contributed by atoms with van der Waals surface area (Å²) in [5, 5.41) is 13.7. The number of thiophene rings is 1. The number of rotatable bonds is 6. The number of imidazole rings is 1. The third-order valence-electron chi connectivity index (χ3n) is 3.96. The first-order valence-electron chi connectivity index (χ1n) is 8.19. The summed E-state index contributed by atoms with van der Waals surface area (Å²) in [4.78, 5) is 8.77. The predicted octanol–water partition coefficient (Wildman–Crippen LogP) is 4.39. The Morgan fingerprint density at radius 2 is 1.92 bits per heavy atom. The Morgan fingerprint density at radius 1 is 1.04 bits per heavy atom. The van der Waals surface area contributed by atoms with Crippen LogP contribution in [0.2, 0.25) is 0 Å². The first-order chi connectivity index (χ1) is 12.8. The fourth-order valence-corrected chi connectivity index (χ4v) is 3.40. The van der Waals surface area contributed by atoms with Gasteiger partial charge in [-0.2, -0.15) is 0 Å². The number of nitrogens with zero attached hydrogens (tertiary/aromatic N) is 3. The Balaban J connectivity index is 1.37. The van der Waals surface area contributed by atoms with Crippen molar-refractivity contribution in [1.29, 1.82) is 0 Å². The Bertz CT molecular complexity index is 962. The monoisotopic (exact) mass is 365 g/mol. The smallest absolute Gasteiger partial charge is 0.148 e. The molecule has 130 valence electrons. The number of aromatic amines is 1. The Hall–Kier alpha value is -3.06. The van der Waals surface area contributed by atoms with Gasteiger partial charge < -0.3 is 10.3 Å². The van der Waals surface area contributed by atoms with Crippen molar-refractivity contribution in [3.63, 3.8) is 0 Å². The van der Waals surface area contributed by atoms with Crippen molar-refractivity contribution in [3.8, 4) is 21.8 Å². The molecule has 0 unspecified atom stereocenters. The summed E-state index contributed by atoms with van der Waals surface area (Å²) < 4.78 is 13.0. The second kappa shape index (κ2) is 7.45. The van der Waals surface area contributed by atoms with Crippen molar-refractivity contribution in [3.05, 3.63) is 71.7 Å². The largest absolute Gasteiger partial charge is 0.368 e. The quantitative estimate of drug-likeness (QED) is 0.532. The molecule has 0 saturated heterocycles. The van der Waals surface area contributed by atoms with Crippen LogP contribution in [0.3, 0.4) is 0 Å². The van der Waals surface area contributed by atoms with E-state index in [1.54, 1.807) is 29.8 Å². The lowest BCUT2D eigenvalue weighted by atomic mass is 10.1. The summed E-state index contributed by atoms with van der Waals surface area (Å²) in [6, 6.07) is 14.0. The lowest BCUT2D eigenvalue weighted by molar-refractivity contribution is 0.628. The Morgan fingerprint density at radius 3 is 2.65 bits per heavy atom. The van der Waals surface area contributed by atoms with Crippen LogP contribution in [-0.4, -0.2) is 26.7 Å². The fourth-order valence-electron chi connectivity index (χ4n) is 2.65.